The number of carbonyl (C=O) groups excluding carboxylic acids is 1. The second-order valence-electron chi connectivity index (χ2n) is 9.59. The molecule has 0 fully saturated rings. The molecule has 9 heteroatoms. The summed E-state index contributed by atoms with van der Waals surface area (Å²) in [5.41, 5.74) is 4.98. The van der Waals surface area contributed by atoms with Crippen LogP contribution in [-0.2, 0) is 16.6 Å². The lowest BCUT2D eigenvalue weighted by molar-refractivity contribution is 0.177. The summed E-state index contributed by atoms with van der Waals surface area (Å²) in [6, 6.07) is 21.1. The number of urea groups is 1. The van der Waals surface area contributed by atoms with E-state index in [1.807, 2.05) is 29.2 Å². The molecule has 8 nitrogen and oxygen atoms in total. The van der Waals surface area contributed by atoms with Crippen molar-refractivity contribution in [2.75, 3.05) is 34.3 Å². The lowest BCUT2D eigenvalue weighted by Gasteiger charge is -2.44. The van der Waals surface area contributed by atoms with Crippen LogP contribution in [0.15, 0.2) is 66.7 Å². The Labute approximate surface area is 218 Å². The fourth-order valence-electron chi connectivity index (χ4n) is 5.05. The molecule has 1 unspecified atom stereocenters. The van der Waals surface area contributed by atoms with Crippen LogP contribution in [0, 0.1) is 0 Å². The summed E-state index contributed by atoms with van der Waals surface area (Å²) in [5, 5.41) is 3.10. The fraction of sp³-hybridized carbons (Fsp3) is 0.321. The number of hydrogen-bond donors (Lipinski definition) is 2. The van der Waals surface area contributed by atoms with Gasteiger partial charge in [0, 0.05) is 42.3 Å². The van der Waals surface area contributed by atoms with E-state index in [0.717, 1.165) is 50.8 Å². The second kappa shape index (κ2) is 10.3. The third-order valence-electron chi connectivity index (χ3n) is 6.75. The highest BCUT2D eigenvalue weighted by atomic mass is 32.2. The quantitative estimate of drug-likeness (QED) is 0.364. The minimum atomic E-state index is -3.31. The van der Waals surface area contributed by atoms with Crippen molar-refractivity contribution < 1.29 is 17.9 Å². The number of nitrogens with zero attached hydrogens (tertiary/aromatic N) is 2. The molecular formula is C28H32N4O4S. The van der Waals surface area contributed by atoms with Gasteiger partial charge in [-0.25, -0.2) is 13.2 Å². The maximum atomic E-state index is 12.7. The zero-order chi connectivity index (χ0) is 26.0. The van der Waals surface area contributed by atoms with E-state index >= 15 is 0 Å². The van der Waals surface area contributed by atoms with E-state index in [2.05, 4.69) is 40.1 Å². The first-order valence-corrected chi connectivity index (χ1v) is 14.5. The van der Waals surface area contributed by atoms with E-state index in [1.54, 1.807) is 24.3 Å². The molecule has 194 valence electrons. The van der Waals surface area contributed by atoms with Gasteiger partial charge in [0.1, 0.15) is 11.5 Å². The largest absolute Gasteiger partial charge is 0.457 e. The molecule has 37 heavy (non-hydrogen) atoms. The van der Waals surface area contributed by atoms with Crippen molar-refractivity contribution in [3.8, 4) is 11.5 Å². The number of nitrogens with one attached hydrogen (secondary N) is 2. The summed E-state index contributed by atoms with van der Waals surface area (Å²) in [7, 11) is -3.31. The Kier molecular flexibility index (Phi) is 6.97. The molecule has 0 saturated carbocycles. The van der Waals surface area contributed by atoms with Crippen molar-refractivity contribution in [1.82, 2.24) is 4.90 Å². The van der Waals surface area contributed by atoms with E-state index in [0.29, 0.717) is 17.2 Å². The first kappa shape index (κ1) is 25.0. The van der Waals surface area contributed by atoms with Gasteiger partial charge in [-0.3, -0.25) is 4.72 Å². The summed E-state index contributed by atoms with van der Waals surface area (Å²) >= 11 is 0. The summed E-state index contributed by atoms with van der Waals surface area (Å²) in [5.74, 6) is 1.33. The number of ether oxygens (including phenoxy) is 1. The first-order valence-electron chi connectivity index (χ1n) is 12.6. The van der Waals surface area contributed by atoms with Gasteiger partial charge < -0.3 is 19.9 Å². The highest BCUT2D eigenvalue weighted by molar-refractivity contribution is 7.92. The molecule has 0 saturated heterocycles. The molecule has 2 heterocycles. The van der Waals surface area contributed by atoms with E-state index in [-0.39, 0.29) is 12.1 Å². The van der Waals surface area contributed by atoms with Crippen LogP contribution >= 0.6 is 0 Å². The summed E-state index contributed by atoms with van der Waals surface area (Å²) in [6.07, 6.45) is 4.09. The molecule has 3 aromatic rings. The molecule has 5 rings (SSSR count). The first-order chi connectivity index (χ1) is 17.8. The van der Waals surface area contributed by atoms with Crippen molar-refractivity contribution in [1.29, 1.82) is 0 Å². The minimum Gasteiger partial charge on any atom is -0.457 e. The van der Waals surface area contributed by atoms with Gasteiger partial charge in [0.15, 0.2) is 0 Å². The van der Waals surface area contributed by atoms with Gasteiger partial charge in [0.05, 0.1) is 12.3 Å². The Morgan fingerprint density at radius 2 is 1.73 bits per heavy atom. The van der Waals surface area contributed by atoms with Gasteiger partial charge >= 0.3 is 6.03 Å². The third kappa shape index (κ3) is 5.67. The van der Waals surface area contributed by atoms with E-state index in [1.165, 1.54) is 16.8 Å². The summed E-state index contributed by atoms with van der Waals surface area (Å²) in [6.45, 7) is 4.57. The molecule has 0 bridgehead atoms. The number of amides is 2. The maximum Gasteiger partial charge on any atom is 0.322 e. The van der Waals surface area contributed by atoms with Gasteiger partial charge in [0.2, 0.25) is 10.0 Å². The van der Waals surface area contributed by atoms with Gasteiger partial charge in [-0.2, -0.15) is 0 Å². The second-order valence-corrected chi connectivity index (χ2v) is 11.3. The van der Waals surface area contributed by atoms with Crippen molar-refractivity contribution in [3.63, 3.8) is 0 Å². The highest BCUT2D eigenvalue weighted by Gasteiger charge is 2.37. The molecule has 0 aliphatic carbocycles. The molecule has 0 aromatic heterocycles. The normalized spacial score (nSPS) is 16.7. The van der Waals surface area contributed by atoms with Gasteiger partial charge in [-0.1, -0.05) is 31.5 Å². The lowest BCUT2D eigenvalue weighted by atomic mass is 9.91. The molecule has 2 amide bonds. The van der Waals surface area contributed by atoms with Gasteiger partial charge in [0.25, 0.3) is 0 Å². The lowest BCUT2D eigenvalue weighted by Crippen LogP contribution is -2.46. The monoisotopic (exact) mass is 520 g/mol. The standard InChI is InChI=1S/C28H32N4O4S/c1-3-4-17-32-26-16-18-31(25-7-5-6-24(27(25)26)29-28(32)33)19-20-8-12-22(13-9-20)36-23-14-10-21(11-15-23)30-37(2,34)35/h5-15,26,30H,3-4,16-19H2,1-2H3,(H,29,33). The van der Waals surface area contributed by atoms with Crippen LogP contribution in [0.1, 0.15) is 43.4 Å². The molecule has 3 aromatic carbocycles. The highest BCUT2D eigenvalue weighted by Crippen LogP contribution is 2.45. The number of sulfonamides is 1. The Hall–Kier alpha value is -3.72. The molecular weight excluding hydrogens is 488 g/mol. The van der Waals surface area contributed by atoms with Crippen LogP contribution in [0.4, 0.5) is 21.9 Å². The molecule has 0 radical (unpaired) electrons. The zero-order valence-electron chi connectivity index (χ0n) is 21.1. The molecule has 0 spiro atoms. The number of carbonyl (C=O) groups is 1. The maximum absolute atomic E-state index is 12.7. The average Bonchev–Trinajstić information content (AvgIpc) is 2.86. The zero-order valence-corrected chi connectivity index (χ0v) is 21.9. The number of hydrogen-bond acceptors (Lipinski definition) is 5. The van der Waals surface area contributed by atoms with Crippen LogP contribution < -0.4 is 19.7 Å². The van der Waals surface area contributed by atoms with E-state index in [9.17, 15) is 13.2 Å². The minimum absolute atomic E-state index is 0.00781. The Morgan fingerprint density at radius 3 is 2.41 bits per heavy atom. The predicted octanol–water partition coefficient (Wildman–Crippen LogP) is 5.95. The van der Waals surface area contributed by atoms with Crippen molar-refractivity contribution in [3.05, 3.63) is 77.9 Å². The molecule has 1 atom stereocenters. The molecule has 2 aliphatic rings. The Morgan fingerprint density at radius 1 is 1.03 bits per heavy atom. The number of anilines is 3. The smallest absolute Gasteiger partial charge is 0.322 e. The molecule has 2 aliphatic heterocycles. The van der Waals surface area contributed by atoms with Crippen molar-refractivity contribution in [2.45, 2.75) is 38.8 Å². The SMILES string of the molecule is CCCCN1C(=O)Nc2cccc3c2C1CCN3Cc1ccc(Oc2ccc(NS(C)(=O)=O)cc2)cc1. The molecule has 2 N–H and O–H groups in total. The van der Waals surface area contributed by atoms with Crippen LogP contribution in [0.5, 0.6) is 11.5 Å². The van der Waals surface area contributed by atoms with E-state index in [4.69, 9.17) is 4.74 Å². The summed E-state index contributed by atoms with van der Waals surface area (Å²) in [4.78, 5) is 17.1. The fourth-order valence-corrected chi connectivity index (χ4v) is 5.61. The van der Waals surface area contributed by atoms with Crippen molar-refractivity contribution in [2.24, 2.45) is 0 Å². The van der Waals surface area contributed by atoms with Crippen LogP contribution in [-0.4, -0.2) is 38.7 Å². The Bertz CT molecular complexity index is 1370. The Balaban J connectivity index is 1.27. The van der Waals surface area contributed by atoms with Crippen molar-refractivity contribution >= 4 is 33.1 Å². The van der Waals surface area contributed by atoms with Crippen LogP contribution in [0.25, 0.3) is 0 Å². The summed E-state index contributed by atoms with van der Waals surface area (Å²) < 4.78 is 31.1. The van der Waals surface area contributed by atoms with Gasteiger partial charge in [-0.15, -0.1) is 0 Å². The number of unbranched alkanes of at least 4 members (excludes halogenated alkanes) is 1. The number of benzene rings is 3. The van der Waals surface area contributed by atoms with Crippen LogP contribution in [0.2, 0.25) is 0 Å². The topological polar surface area (TPSA) is 91.0 Å². The average molecular weight is 521 g/mol. The van der Waals surface area contributed by atoms with E-state index < -0.39 is 10.0 Å². The van der Waals surface area contributed by atoms with Crippen LogP contribution in [0.3, 0.4) is 0 Å². The third-order valence-corrected chi connectivity index (χ3v) is 7.36. The predicted molar refractivity (Wildman–Crippen MR) is 147 cm³/mol. The van der Waals surface area contributed by atoms with Gasteiger partial charge in [-0.05, 0) is 66.9 Å². The number of rotatable bonds is 9.